The zero-order chi connectivity index (χ0) is 30.0. The van der Waals surface area contributed by atoms with E-state index < -0.39 is 79.6 Å². The fraction of sp³-hybridized carbons (Fsp3) is 0.519. The third-order valence-electron chi connectivity index (χ3n) is 7.06. The van der Waals surface area contributed by atoms with Gasteiger partial charge in [0.25, 0.3) is 0 Å². The topological polar surface area (TPSA) is 236 Å². The number of aromatic hydroxyl groups is 2. The lowest BCUT2D eigenvalue weighted by atomic mass is 9.99. The van der Waals surface area contributed by atoms with Gasteiger partial charge < -0.3 is 64.9 Å². The van der Waals surface area contributed by atoms with E-state index in [2.05, 4.69) is 0 Å². The zero-order valence-corrected chi connectivity index (χ0v) is 21.9. The lowest BCUT2D eigenvalue weighted by Crippen LogP contribution is -2.60. The summed E-state index contributed by atoms with van der Waals surface area (Å²) in [4.78, 5) is 13.3. The Morgan fingerprint density at radius 1 is 0.805 bits per heavy atom. The normalized spacial score (nSPS) is 33.8. The number of aliphatic hydroxyl groups is 7. The third-order valence-corrected chi connectivity index (χ3v) is 7.06. The molecule has 0 amide bonds. The van der Waals surface area contributed by atoms with Crippen molar-refractivity contribution in [2.45, 2.75) is 81.2 Å². The monoisotopic (exact) mass is 582 g/mol. The number of rotatable bonds is 9. The first kappa shape index (κ1) is 30.9. The molecule has 2 aliphatic heterocycles. The van der Waals surface area contributed by atoms with Gasteiger partial charge in [-0.05, 0) is 31.0 Å². The van der Waals surface area contributed by atoms with Crippen LogP contribution < -0.4 is 9.47 Å². The van der Waals surface area contributed by atoms with Crippen LogP contribution in [0.5, 0.6) is 23.0 Å². The highest BCUT2D eigenvalue weighted by Crippen LogP contribution is 2.38. The fourth-order valence-electron chi connectivity index (χ4n) is 4.60. The van der Waals surface area contributed by atoms with Crippen molar-refractivity contribution in [1.82, 2.24) is 0 Å². The molecule has 2 heterocycles. The van der Waals surface area contributed by atoms with Gasteiger partial charge in [-0.25, -0.2) is 0 Å². The number of ketones is 1. The number of aryl methyl sites for hydroxylation is 1. The Labute approximate surface area is 234 Å². The van der Waals surface area contributed by atoms with Crippen LogP contribution in [0.25, 0.3) is 0 Å². The molecule has 226 valence electrons. The average molecular weight is 583 g/mol. The molecule has 2 saturated heterocycles. The maximum atomic E-state index is 13.3. The molecule has 4 rings (SSSR count). The van der Waals surface area contributed by atoms with Crippen molar-refractivity contribution in [2.24, 2.45) is 0 Å². The van der Waals surface area contributed by atoms with Gasteiger partial charge in [-0.3, -0.25) is 4.79 Å². The molecule has 0 radical (unpaired) electrons. The number of benzene rings is 2. The maximum absolute atomic E-state index is 13.3. The smallest absolute Gasteiger partial charge is 0.229 e. The largest absolute Gasteiger partial charge is 0.508 e. The Hall–Kier alpha value is -3.05. The minimum absolute atomic E-state index is 0.0518. The van der Waals surface area contributed by atoms with Crippen LogP contribution in [0.2, 0.25) is 0 Å². The van der Waals surface area contributed by atoms with E-state index in [1.165, 1.54) is 19.1 Å². The van der Waals surface area contributed by atoms with E-state index in [1.807, 2.05) is 0 Å². The van der Waals surface area contributed by atoms with Crippen molar-refractivity contribution in [3.8, 4) is 23.0 Å². The highest BCUT2D eigenvalue weighted by molar-refractivity contribution is 6.01. The Bertz CT molecular complexity index is 1190. The van der Waals surface area contributed by atoms with Crippen LogP contribution in [0, 0.1) is 0 Å². The molecule has 10 atom stereocenters. The Balaban J connectivity index is 1.63. The maximum Gasteiger partial charge on any atom is 0.229 e. The second-order valence-electron chi connectivity index (χ2n) is 10.0. The van der Waals surface area contributed by atoms with Gasteiger partial charge in [0, 0.05) is 18.6 Å². The number of carbonyl (C=O) groups excluding carboxylic acids is 1. The first-order valence-electron chi connectivity index (χ1n) is 12.9. The van der Waals surface area contributed by atoms with Crippen LogP contribution in [0.4, 0.5) is 0 Å². The van der Waals surface area contributed by atoms with Crippen molar-refractivity contribution in [3.05, 3.63) is 47.5 Å². The van der Waals surface area contributed by atoms with Gasteiger partial charge in [0.05, 0.1) is 12.7 Å². The van der Waals surface area contributed by atoms with Gasteiger partial charge in [0.15, 0.2) is 5.78 Å². The number of hydrogen-bond acceptors (Lipinski definition) is 14. The fourth-order valence-corrected chi connectivity index (χ4v) is 4.60. The predicted molar refractivity (Wildman–Crippen MR) is 136 cm³/mol. The molecule has 0 saturated carbocycles. The number of hydrogen-bond donors (Lipinski definition) is 9. The van der Waals surface area contributed by atoms with E-state index in [0.29, 0.717) is 0 Å². The summed E-state index contributed by atoms with van der Waals surface area (Å²) in [6.07, 6.45) is -15.3. The van der Waals surface area contributed by atoms with Crippen LogP contribution in [-0.4, -0.2) is 120 Å². The summed E-state index contributed by atoms with van der Waals surface area (Å²) in [5, 5.41) is 90.8. The number of carbonyl (C=O) groups is 1. The SMILES string of the molecule is C[C@@H]1O[C@@H](Oc2cc(O[C@@H]3O[C@H](CO)[C@@H](O)[C@H](O)[C@H]3O)cc(O)c2C(=O)CCc2ccc(O)cc2)[C@H](O)[C@H](O)[C@H]1O. The lowest BCUT2D eigenvalue weighted by Gasteiger charge is -2.40. The molecule has 14 heteroatoms. The quantitative estimate of drug-likeness (QED) is 0.150. The van der Waals surface area contributed by atoms with Gasteiger partial charge in [0.2, 0.25) is 12.6 Å². The number of Topliss-reactive ketones (excluding diaryl/α,β-unsaturated/α-hetero) is 1. The first-order chi connectivity index (χ1) is 19.4. The van der Waals surface area contributed by atoms with E-state index in [4.69, 9.17) is 18.9 Å². The van der Waals surface area contributed by atoms with Crippen molar-refractivity contribution in [1.29, 1.82) is 0 Å². The molecule has 41 heavy (non-hydrogen) atoms. The summed E-state index contributed by atoms with van der Waals surface area (Å²) in [6, 6.07) is 8.29. The highest BCUT2D eigenvalue weighted by atomic mass is 16.7. The molecule has 0 spiro atoms. The Morgan fingerprint density at radius 2 is 1.41 bits per heavy atom. The van der Waals surface area contributed by atoms with Crippen molar-refractivity contribution < 1.29 is 69.7 Å². The minimum atomic E-state index is -1.77. The molecule has 0 aromatic heterocycles. The summed E-state index contributed by atoms with van der Waals surface area (Å²) < 4.78 is 22.1. The van der Waals surface area contributed by atoms with Gasteiger partial charge in [-0.15, -0.1) is 0 Å². The lowest BCUT2D eigenvalue weighted by molar-refractivity contribution is -0.277. The summed E-state index contributed by atoms with van der Waals surface area (Å²) >= 11 is 0. The molecule has 0 unspecified atom stereocenters. The molecule has 0 aliphatic carbocycles. The van der Waals surface area contributed by atoms with Gasteiger partial charge in [-0.2, -0.15) is 0 Å². The highest BCUT2D eigenvalue weighted by Gasteiger charge is 2.46. The second kappa shape index (κ2) is 12.9. The van der Waals surface area contributed by atoms with Crippen molar-refractivity contribution >= 4 is 5.78 Å². The van der Waals surface area contributed by atoms with Crippen LogP contribution in [0.1, 0.15) is 29.3 Å². The van der Waals surface area contributed by atoms with E-state index >= 15 is 0 Å². The molecule has 9 N–H and O–H groups in total. The van der Waals surface area contributed by atoms with E-state index in [1.54, 1.807) is 12.1 Å². The summed E-state index contributed by atoms with van der Waals surface area (Å²) in [6.45, 7) is 0.720. The summed E-state index contributed by atoms with van der Waals surface area (Å²) in [7, 11) is 0. The average Bonchev–Trinajstić information content (AvgIpc) is 2.94. The van der Waals surface area contributed by atoms with E-state index in [9.17, 15) is 50.8 Å². The van der Waals surface area contributed by atoms with Crippen LogP contribution in [0.15, 0.2) is 36.4 Å². The Morgan fingerprint density at radius 3 is 2.05 bits per heavy atom. The third kappa shape index (κ3) is 6.72. The van der Waals surface area contributed by atoms with Crippen LogP contribution in [-0.2, 0) is 15.9 Å². The van der Waals surface area contributed by atoms with E-state index in [0.717, 1.165) is 17.7 Å². The number of aliphatic hydroxyl groups excluding tert-OH is 7. The van der Waals surface area contributed by atoms with Crippen LogP contribution >= 0.6 is 0 Å². The minimum Gasteiger partial charge on any atom is -0.508 e. The van der Waals surface area contributed by atoms with Gasteiger partial charge in [-0.1, -0.05) is 12.1 Å². The van der Waals surface area contributed by atoms with E-state index in [-0.39, 0.29) is 35.7 Å². The standard InChI is InChI=1S/C27H34O14/c1-11-20(32)22(34)24(36)26(38-11)40-17-9-14(39-27-25(37)23(35)21(33)18(10-28)41-27)8-16(31)19(17)15(30)7-4-12-2-5-13(29)6-3-12/h2-3,5-6,8-9,11,18,20-29,31-37H,4,7,10H2,1H3/t11-,18+,20-,21+,22+,23-,24+,25+,26-,27+/m0/s1. The number of phenolic OH excluding ortho intramolecular Hbond substituents is 2. The zero-order valence-electron chi connectivity index (χ0n) is 21.9. The molecular weight excluding hydrogens is 548 g/mol. The Kier molecular flexibility index (Phi) is 9.69. The molecule has 0 bridgehead atoms. The number of phenols is 2. The molecule has 14 nitrogen and oxygen atoms in total. The van der Waals surface area contributed by atoms with Crippen LogP contribution in [0.3, 0.4) is 0 Å². The molecule has 2 fully saturated rings. The molecule has 2 aromatic carbocycles. The van der Waals surface area contributed by atoms with Crippen molar-refractivity contribution in [3.63, 3.8) is 0 Å². The number of ether oxygens (including phenoxy) is 4. The molecule has 2 aromatic rings. The second-order valence-corrected chi connectivity index (χ2v) is 10.0. The van der Waals surface area contributed by atoms with Gasteiger partial charge >= 0.3 is 0 Å². The molecular formula is C27H34O14. The summed E-state index contributed by atoms with van der Waals surface area (Å²) in [5.41, 5.74) is 0.395. The van der Waals surface area contributed by atoms with Crippen molar-refractivity contribution in [2.75, 3.05) is 6.61 Å². The van der Waals surface area contributed by atoms with Gasteiger partial charge in [0.1, 0.15) is 71.3 Å². The summed E-state index contributed by atoms with van der Waals surface area (Å²) in [5.74, 6) is -1.76. The molecule has 2 aliphatic rings. The first-order valence-corrected chi connectivity index (χ1v) is 12.9. The predicted octanol–water partition coefficient (Wildman–Crippen LogP) is -1.70.